The number of rotatable bonds is 4. The molecule has 9 heteroatoms. The number of hydrogen-bond donors (Lipinski definition) is 0. The van der Waals surface area contributed by atoms with Gasteiger partial charge in [0.2, 0.25) is 0 Å². The zero-order valence-electron chi connectivity index (χ0n) is 18.5. The van der Waals surface area contributed by atoms with Crippen molar-refractivity contribution in [1.82, 2.24) is 9.80 Å². The van der Waals surface area contributed by atoms with Gasteiger partial charge in [0.05, 0.1) is 10.7 Å². The molecule has 0 aromatic heterocycles. The maximum atomic E-state index is 12.7. The van der Waals surface area contributed by atoms with Gasteiger partial charge in [-0.2, -0.15) is 13.2 Å². The number of ether oxygens (including phenoxy) is 1. The summed E-state index contributed by atoms with van der Waals surface area (Å²) < 4.78 is 42.8. The van der Waals surface area contributed by atoms with E-state index in [0.717, 1.165) is 69.6 Å². The summed E-state index contributed by atoms with van der Waals surface area (Å²) in [4.78, 5) is 18.5. The Kier molecular flexibility index (Phi) is 6.82. The van der Waals surface area contributed by atoms with Gasteiger partial charge in [-0.05, 0) is 69.2 Å². The van der Waals surface area contributed by atoms with E-state index in [1.165, 1.54) is 23.3 Å². The van der Waals surface area contributed by atoms with Crippen LogP contribution >= 0.6 is 11.6 Å². The van der Waals surface area contributed by atoms with E-state index in [9.17, 15) is 18.0 Å². The largest absolute Gasteiger partial charge is 0.437 e. The Hall–Kier alpha value is -1.67. The van der Waals surface area contributed by atoms with Crippen LogP contribution in [0.15, 0.2) is 18.2 Å². The number of alkyl halides is 3. The fraction of sp³-hybridized carbons (Fsp3) is 0.696. The number of amides is 1. The van der Waals surface area contributed by atoms with Crippen molar-refractivity contribution in [3.05, 3.63) is 28.8 Å². The normalized spacial score (nSPS) is 22.5. The minimum absolute atomic E-state index is 0.0247. The molecule has 5 nitrogen and oxygen atoms in total. The Labute approximate surface area is 192 Å². The SMILES string of the molecule is CC(OC(=O)N1CCC2(CCN(Cc3cccc(Cl)c3N3CCCC3)CC2)C1)C(F)(F)F. The molecule has 1 aromatic rings. The van der Waals surface area contributed by atoms with Crippen molar-refractivity contribution in [2.24, 2.45) is 5.41 Å². The second-order valence-electron chi connectivity index (χ2n) is 9.46. The first-order chi connectivity index (χ1) is 15.2. The second-order valence-corrected chi connectivity index (χ2v) is 9.86. The van der Waals surface area contributed by atoms with Gasteiger partial charge in [0.15, 0.2) is 6.10 Å². The molecule has 0 radical (unpaired) electrons. The van der Waals surface area contributed by atoms with E-state index in [2.05, 4.69) is 20.6 Å². The van der Waals surface area contributed by atoms with Crippen molar-refractivity contribution >= 4 is 23.4 Å². The lowest BCUT2D eigenvalue weighted by atomic mass is 9.77. The van der Waals surface area contributed by atoms with Gasteiger partial charge in [-0.15, -0.1) is 0 Å². The number of anilines is 1. The van der Waals surface area contributed by atoms with Crippen molar-refractivity contribution in [3.8, 4) is 0 Å². The molecule has 4 rings (SSSR count). The highest BCUT2D eigenvalue weighted by Crippen LogP contribution is 2.42. The lowest BCUT2D eigenvalue weighted by Gasteiger charge is -2.39. The monoisotopic (exact) mass is 473 g/mol. The van der Waals surface area contributed by atoms with E-state index in [1.807, 2.05) is 12.1 Å². The van der Waals surface area contributed by atoms with Crippen molar-refractivity contribution < 1.29 is 22.7 Å². The molecule has 0 bridgehead atoms. The summed E-state index contributed by atoms with van der Waals surface area (Å²) in [5, 5.41) is 0.802. The van der Waals surface area contributed by atoms with E-state index in [1.54, 1.807) is 0 Å². The van der Waals surface area contributed by atoms with Crippen LogP contribution in [0, 0.1) is 5.41 Å². The maximum absolute atomic E-state index is 12.7. The molecule has 3 aliphatic heterocycles. The van der Waals surface area contributed by atoms with Gasteiger partial charge in [0.1, 0.15) is 0 Å². The third-order valence-electron chi connectivity index (χ3n) is 7.24. The number of nitrogens with zero attached hydrogens (tertiary/aromatic N) is 3. The van der Waals surface area contributed by atoms with E-state index < -0.39 is 18.4 Å². The topological polar surface area (TPSA) is 36.0 Å². The first-order valence-electron chi connectivity index (χ1n) is 11.4. The molecule has 3 heterocycles. The number of carbonyl (C=O) groups is 1. The number of likely N-dealkylation sites (tertiary alicyclic amines) is 2. The minimum Gasteiger partial charge on any atom is -0.437 e. The predicted molar refractivity (Wildman–Crippen MR) is 118 cm³/mol. The van der Waals surface area contributed by atoms with Gasteiger partial charge >= 0.3 is 12.3 Å². The van der Waals surface area contributed by atoms with E-state index in [4.69, 9.17) is 11.6 Å². The van der Waals surface area contributed by atoms with Crippen molar-refractivity contribution in [2.75, 3.05) is 44.2 Å². The van der Waals surface area contributed by atoms with Crippen LogP contribution in [0.2, 0.25) is 5.02 Å². The molecular weight excluding hydrogens is 443 g/mol. The fourth-order valence-corrected chi connectivity index (χ4v) is 5.51. The van der Waals surface area contributed by atoms with Crippen molar-refractivity contribution in [2.45, 2.75) is 57.9 Å². The van der Waals surface area contributed by atoms with Gasteiger partial charge < -0.3 is 14.5 Å². The van der Waals surface area contributed by atoms with Crippen molar-refractivity contribution in [3.63, 3.8) is 0 Å². The lowest BCUT2D eigenvalue weighted by molar-refractivity contribution is -0.199. The first kappa shape index (κ1) is 23.5. The molecule has 3 aliphatic rings. The number of para-hydroxylation sites is 1. The first-order valence-corrected chi connectivity index (χ1v) is 11.8. The third kappa shape index (κ3) is 5.11. The average Bonchev–Trinajstić information content (AvgIpc) is 3.40. The third-order valence-corrected chi connectivity index (χ3v) is 7.54. The van der Waals surface area contributed by atoms with E-state index in [-0.39, 0.29) is 5.41 Å². The van der Waals surface area contributed by atoms with Crippen LogP contribution in [0.5, 0.6) is 0 Å². The predicted octanol–water partition coefficient (Wildman–Crippen LogP) is 5.32. The second kappa shape index (κ2) is 9.29. The summed E-state index contributed by atoms with van der Waals surface area (Å²) in [6, 6.07) is 6.11. The minimum atomic E-state index is -4.54. The van der Waals surface area contributed by atoms with Gasteiger partial charge in [-0.25, -0.2) is 4.79 Å². The van der Waals surface area contributed by atoms with Gasteiger partial charge in [0, 0.05) is 32.7 Å². The average molecular weight is 474 g/mol. The summed E-state index contributed by atoms with van der Waals surface area (Å²) in [5.74, 6) is 0. The van der Waals surface area contributed by atoms with Crippen LogP contribution < -0.4 is 4.90 Å². The number of carbonyl (C=O) groups excluding carboxylic acids is 1. The summed E-state index contributed by atoms with van der Waals surface area (Å²) in [5.41, 5.74) is 2.37. The highest BCUT2D eigenvalue weighted by atomic mass is 35.5. The highest BCUT2D eigenvalue weighted by Gasteiger charge is 2.45. The van der Waals surface area contributed by atoms with E-state index >= 15 is 0 Å². The summed E-state index contributed by atoms with van der Waals surface area (Å²) in [7, 11) is 0. The molecule has 3 saturated heterocycles. The lowest BCUT2D eigenvalue weighted by Crippen LogP contribution is -2.43. The molecule has 3 fully saturated rings. The Bertz CT molecular complexity index is 821. The Morgan fingerprint density at radius 2 is 1.78 bits per heavy atom. The van der Waals surface area contributed by atoms with Crippen molar-refractivity contribution in [1.29, 1.82) is 0 Å². The Balaban J connectivity index is 1.32. The van der Waals surface area contributed by atoms with Gasteiger partial charge in [-0.1, -0.05) is 23.7 Å². The number of benzene rings is 1. The van der Waals surface area contributed by atoms with Crippen LogP contribution in [0.4, 0.5) is 23.7 Å². The summed E-state index contributed by atoms with van der Waals surface area (Å²) in [6.07, 6.45) is -2.44. The molecule has 1 spiro atoms. The zero-order valence-corrected chi connectivity index (χ0v) is 19.2. The summed E-state index contributed by atoms with van der Waals surface area (Å²) >= 11 is 6.56. The Morgan fingerprint density at radius 1 is 1.12 bits per heavy atom. The molecule has 1 aromatic carbocycles. The molecule has 178 valence electrons. The Morgan fingerprint density at radius 3 is 2.44 bits per heavy atom. The molecule has 1 amide bonds. The van der Waals surface area contributed by atoms with Crippen LogP contribution in [0.25, 0.3) is 0 Å². The maximum Gasteiger partial charge on any atom is 0.425 e. The molecule has 0 aliphatic carbocycles. The zero-order chi connectivity index (χ0) is 22.9. The molecule has 0 saturated carbocycles. The number of piperidine rings is 1. The molecule has 0 N–H and O–H groups in total. The molecule has 1 unspecified atom stereocenters. The van der Waals surface area contributed by atoms with Gasteiger partial charge in [-0.3, -0.25) is 4.90 Å². The summed E-state index contributed by atoms with van der Waals surface area (Å²) in [6.45, 7) is 6.50. The molecule has 1 atom stereocenters. The quantitative estimate of drug-likeness (QED) is 0.593. The van der Waals surface area contributed by atoms with Gasteiger partial charge in [0.25, 0.3) is 0 Å². The smallest absolute Gasteiger partial charge is 0.425 e. The molecule has 32 heavy (non-hydrogen) atoms. The fourth-order valence-electron chi connectivity index (χ4n) is 5.20. The highest BCUT2D eigenvalue weighted by molar-refractivity contribution is 6.33. The standard InChI is InChI=1S/C23H31ClF3N3O2/c1-17(23(25,26)27)32-21(31)30-14-9-22(16-30)7-12-28(13-8-22)15-18-5-4-6-19(24)20(18)29-10-2-3-11-29/h4-6,17H,2-3,7-16H2,1H3. The molecular formula is C23H31ClF3N3O2. The van der Waals surface area contributed by atoms with E-state index in [0.29, 0.717) is 13.1 Å². The number of hydrogen-bond acceptors (Lipinski definition) is 4. The van der Waals surface area contributed by atoms with Crippen LogP contribution in [0.1, 0.15) is 44.6 Å². The number of halogens is 4. The van der Waals surface area contributed by atoms with Crippen LogP contribution in [-0.4, -0.2) is 67.4 Å². The van der Waals surface area contributed by atoms with Crippen LogP contribution in [0.3, 0.4) is 0 Å². The van der Waals surface area contributed by atoms with Crippen LogP contribution in [-0.2, 0) is 11.3 Å².